The van der Waals surface area contributed by atoms with E-state index in [4.69, 9.17) is 4.74 Å². The number of nitrogens with zero attached hydrogens (tertiary/aromatic N) is 3. The van der Waals surface area contributed by atoms with Gasteiger partial charge in [-0.25, -0.2) is 14.2 Å². The quantitative estimate of drug-likeness (QED) is 0.786. The fraction of sp³-hybridized carbons (Fsp3) is 0.250. The number of carbonyl (C=O) groups excluding carboxylic acids is 2. The zero-order valence-electron chi connectivity index (χ0n) is 12.8. The van der Waals surface area contributed by atoms with E-state index >= 15 is 0 Å². The highest BCUT2D eigenvalue weighted by atomic mass is 19.1. The van der Waals surface area contributed by atoms with Gasteiger partial charge in [0.05, 0.1) is 11.9 Å². The van der Waals surface area contributed by atoms with Crippen molar-refractivity contribution in [1.29, 1.82) is 0 Å². The van der Waals surface area contributed by atoms with Crippen molar-refractivity contribution in [3.8, 4) is 0 Å². The average molecular weight is 317 g/mol. The molecule has 2 aromatic rings. The van der Waals surface area contributed by atoms with E-state index in [0.717, 1.165) is 0 Å². The number of hydrogen-bond acceptors (Lipinski definition) is 5. The number of rotatable bonds is 5. The normalized spacial score (nSPS) is 10.2. The zero-order chi connectivity index (χ0) is 16.8. The lowest BCUT2D eigenvalue weighted by atomic mass is 10.2. The van der Waals surface area contributed by atoms with E-state index in [1.165, 1.54) is 29.4 Å². The van der Waals surface area contributed by atoms with Crippen molar-refractivity contribution in [3.63, 3.8) is 0 Å². The van der Waals surface area contributed by atoms with E-state index < -0.39 is 18.5 Å². The number of carbonyl (C=O) groups is 2. The van der Waals surface area contributed by atoms with E-state index in [2.05, 4.69) is 9.97 Å². The third kappa shape index (κ3) is 4.84. The van der Waals surface area contributed by atoms with Crippen molar-refractivity contribution in [2.75, 3.05) is 13.7 Å². The molecule has 120 valence electrons. The smallest absolute Gasteiger partial charge is 0.359 e. The van der Waals surface area contributed by atoms with Crippen molar-refractivity contribution < 1.29 is 18.7 Å². The molecule has 0 spiro atoms. The van der Waals surface area contributed by atoms with Crippen LogP contribution in [0, 0.1) is 12.7 Å². The van der Waals surface area contributed by atoms with Gasteiger partial charge in [-0.1, -0.05) is 12.1 Å². The number of aromatic nitrogens is 2. The van der Waals surface area contributed by atoms with Gasteiger partial charge in [-0.3, -0.25) is 9.78 Å². The summed E-state index contributed by atoms with van der Waals surface area (Å²) < 4.78 is 18.0. The second-order valence-electron chi connectivity index (χ2n) is 5.00. The minimum absolute atomic E-state index is 0.0381. The Kier molecular flexibility index (Phi) is 5.35. The summed E-state index contributed by atoms with van der Waals surface area (Å²) in [6.07, 6.45) is 2.73. The fourth-order valence-corrected chi connectivity index (χ4v) is 1.81. The van der Waals surface area contributed by atoms with Crippen LogP contribution in [-0.2, 0) is 16.1 Å². The molecule has 1 aromatic heterocycles. The second kappa shape index (κ2) is 7.44. The lowest BCUT2D eigenvalue weighted by Crippen LogP contribution is -2.31. The van der Waals surface area contributed by atoms with E-state index in [-0.39, 0.29) is 18.1 Å². The standard InChI is InChI=1S/C16H16FN3O3/c1-11-7-19-14(8-18-11)16(22)23-10-15(21)20(2)9-12-4-3-5-13(17)6-12/h3-8H,9-10H2,1-2H3. The Morgan fingerprint density at radius 1 is 1.26 bits per heavy atom. The summed E-state index contributed by atoms with van der Waals surface area (Å²) in [6.45, 7) is 1.55. The predicted molar refractivity (Wildman–Crippen MR) is 79.9 cm³/mol. The van der Waals surface area contributed by atoms with Gasteiger partial charge >= 0.3 is 5.97 Å². The van der Waals surface area contributed by atoms with E-state index in [1.807, 2.05) is 0 Å². The topological polar surface area (TPSA) is 72.4 Å². The SMILES string of the molecule is Cc1cnc(C(=O)OCC(=O)N(C)Cc2cccc(F)c2)cn1. The zero-order valence-corrected chi connectivity index (χ0v) is 12.8. The van der Waals surface area contributed by atoms with Crippen molar-refractivity contribution in [3.05, 3.63) is 59.4 Å². The van der Waals surface area contributed by atoms with Crippen LogP contribution >= 0.6 is 0 Å². The van der Waals surface area contributed by atoms with E-state index in [1.54, 1.807) is 26.1 Å². The highest BCUT2D eigenvalue weighted by Crippen LogP contribution is 2.06. The molecule has 0 fully saturated rings. The molecule has 6 nitrogen and oxygen atoms in total. The van der Waals surface area contributed by atoms with Crippen LogP contribution < -0.4 is 0 Å². The van der Waals surface area contributed by atoms with Crippen molar-refractivity contribution in [1.82, 2.24) is 14.9 Å². The molecule has 7 heteroatoms. The maximum atomic E-state index is 13.1. The van der Waals surface area contributed by atoms with Gasteiger partial charge in [0.1, 0.15) is 5.82 Å². The molecule has 0 aliphatic rings. The maximum Gasteiger partial charge on any atom is 0.359 e. The molecule has 1 amide bonds. The van der Waals surface area contributed by atoms with Crippen LogP contribution in [0.2, 0.25) is 0 Å². The summed E-state index contributed by atoms with van der Waals surface area (Å²) in [5.41, 5.74) is 1.36. The molecule has 0 N–H and O–H groups in total. The van der Waals surface area contributed by atoms with Crippen LogP contribution in [-0.4, -0.2) is 40.4 Å². The first-order valence-electron chi connectivity index (χ1n) is 6.90. The highest BCUT2D eigenvalue weighted by Gasteiger charge is 2.15. The number of benzene rings is 1. The van der Waals surface area contributed by atoms with Gasteiger partial charge in [-0.15, -0.1) is 0 Å². The molecule has 0 radical (unpaired) electrons. The third-order valence-electron chi connectivity index (χ3n) is 3.05. The molecular weight excluding hydrogens is 301 g/mol. The van der Waals surface area contributed by atoms with Gasteiger partial charge in [-0.05, 0) is 24.6 Å². The summed E-state index contributed by atoms with van der Waals surface area (Å²) in [5.74, 6) is -1.49. The minimum Gasteiger partial charge on any atom is -0.451 e. The summed E-state index contributed by atoms with van der Waals surface area (Å²) in [4.78, 5) is 32.8. The number of halogens is 1. The van der Waals surface area contributed by atoms with Crippen LogP contribution in [0.1, 0.15) is 21.7 Å². The van der Waals surface area contributed by atoms with Crippen LogP contribution in [0.4, 0.5) is 4.39 Å². The summed E-state index contributed by atoms with van der Waals surface area (Å²) in [5, 5.41) is 0. The van der Waals surface area contributed by atoms with Gasteiger partial charge in [0.2, 0.25) is 0 Å². The Morgan fingerprint density at radius 2 is 2.04 bits per heavy atom. The first kappa shape index (κ1) is 16.5. The number of esters is 1. The first-order chi connectivity index (χ1) is 11.0. The van der Waals surface area contributed by atoms with Crippen LogP contribution in [0.3, 0.4) is 0 Å². The van der Waals surface area contributed by atoms with Gasteiger partial charge in [0.15, 0.2) is 12.3 Å². The van der Waals surface area contributed by atoms with Crippen LogP contribution in [0.15, 0.2) is 36.7 Å². The van der Waals surface area contributed by atoms with Crippen LogP contribution in [0.5, 0.6) is 0 Å². The number of amides is 1. The van der Waals surface area contributed by atoms with E-state index in [0.29, 0.717) is 11.3 Å². The Labute approximate surface area is 132 Å². The minimum atomic E-state index is -0.718. The molecule has 0 aliphatic carbocycles. The predicted octanol–water partition coefficient (Wildman–Crippen LogP) is 1.74. The molecule has 0 saturated heterocycles. The number of ether oxygens (including phenoxy) is 1. The van der Waals surface area contributed by atoms with Gasteiger partial charge in [0.25, 0.3) is 5.91 Å². The molecule has 0 aliphatic heterocycles. The Hall–Kier alpha value is -2.83. The van der Waals surface area contributed by atoms with Crippen molar-refractivity contribution >= 4 is 11.9 Å². The Balaban J connectivity index is 1.86. The average Bonchev–Trinajstić information content (AvgIpc) is 2.53. The maximum absolute atomic E-state index is 13.1. The van der Waals surface area contributed by atoms with Crippen molar-refractivity contribution in [2.24, 2.45) is 0 Å². The summed E-state index contributed by atoms with van der Waals surface area (Å²) >= 11 is 0. The lowest BCUT2D eigenvalue weighted by molar-refractivity contribution is -0.133. The molecule has 23 heavy (non-hydrogen) atoms. The number of hydrogen-bond donors (Lipinski definition) is 0. The fourth-order valence-electron chi connectivity index (χ4n) is 1.81. The molecule has 1 aromatic carbocycles. The highest BCUT2D eigenvalue weighted by molar-refractivity contribution is 5.89. The van der Waals surface area contributed by atoms with Crippen molar-refractivity contribution in [2.45, 2.75) is 13.5 Å². The van der Waals surface area contributed by atoms with E-state index in [9.17, 15) is 14.0 Å². The van der Waals surface area contributed by atoms with Gasteiger partial charge in [-0.2, -0.15) is 0 Å². The molecular formula is C16H16FN3O3. The first-order valence-corrected chi connectivity index (χ1v) is 6.90. The molecule has 0 saturated carbocycles. The Bertz CT molecular complexity index is 704. The Morgan fingerprint density at radius 3 is 2.70 bits per heavy atom. The summed E-state index contributed by atoms with van der Waals surface area (Å²) in [6, 6.07) is 5.95. The third-order valence-corrected chi connectivity index (χ3v) is 3.05. The van der Waals surface area contributed by atoms with Gasteiger partial charge < -0.3 is 9.64 Å². The van der Waals surface area contributed by atoms with Gasteiger partial charge in [0, 0.05) is 19.8 Å². The number of aryl methyl sites for hydroxylation is 1. The molecule has 0 unspecified atom stereocenters. The molecule has 0 bridgehead atoms. The molecule has 0 atom stereocenters. The number of likely N-dealkylation sites (N-methyl/N-ethyl adjacent to an activating group) is 1. The molecule has 2 rings (SSSR count). The summed E-state index contributed by atoms with van der Waals surface area (Å²) in [7, 11) is 1.55. The lowest BCUT2D eigenvalue weighted by Gasteiger charge is -2.17. The molecule has 1 heterocycles. The largest absolute Gasteiger partial charge is 0.451 e. The monoisotopic (exact) mass is 317 g/mol. The van der Waals surface area contributed by atoms with Crippen LogP contribution in [0.25, 0.3) is 0 Å². The second-order valence-corrected chi connectivity index (χ2v) is 5.00.